The van der Waals surface area contributed by atoms with Gasteiger partial charge in [-0.15, -0.1) is 0 Å². The van der Waals surface area contributed by atoms with Crippen LogP contribution in [-0.2, 0) is 13.1 Å². The van der Waals surface area contributed by atoms with Gasteiger partial charge in [-0.1, -0.05) is 30.3 Å². The first-order chi connectivity index (χ1) is 9.67. The van der Waals surface area contributed by atoms with E-state index in [-0.39, 0.29) is 12.4 Å². The minimum Gasteiger partial charge on any atom is -0.399 e. The van der Waals surface area contributed by atoms with Crippen LogP contribution in [0.25, 0.3) is 0 Å². The molecule has 0 aromatic heterocycles. The SMILES string of the molecule is Nc1cc(F)cc(CN(CCO)Cc2ccccc2)c1. The van der Waals surface area contributed by atoms with Crippen LogP contribution in [0.2, 0.25) is 0 Å². The van der Waals surface area contributed by atoms with Crippen LogP contribution in [0.5, 0.6) is 0 Å². The van der Waals surface area contributed by atoms with Gasteiger partial charge in [0.2, 0.25) is 0 Å². The van der Waals surface area contributed by atoms with E-state index in [2.05, 4.69) is 4.90 Å². The smallest absolute Gasteiger partial charge is 0.125 e. The molecule has 0 radical (unpaired) electrons. The second-order valence-electron chi connectivity index (χ2n) is 4.81. The van der Waals surface area contributed by atoms with E-state index in [1.807, 2.05) is 30.3 Å². The van der Waals surface area contributed by atoms with Crippen molar-refractivity contribution in [3.8, 4) is 0 Å². The monoisotopic (exact) mass is 274 g/mol. The Bertz CT molecular complexity index is 525. The van der Waals surface area contributed by atoms with Gasteiger partial charge in [0.15, 0.2) is 0 Å². The van der Waals surface area contributed by atoms with E-state index in [9.17, 15) is 4.39 Å². The second-order valence-corrected chi connectivity index (χ2v) is 4.81. The molecule has 0 aliphatic carbocycles. The number of halogens is 1. The van der Waals surface area contributed by atoms with Crippen molar-refractivity contribution in [2.75, 3.05) is 18.9 Å². The van der Waals surface area contributed by atoms with E-state index in [1.54, 1.807) is 6.07 Å². The van der Waals surface area contributed by atoms with Gasteiger partial charge in [0.25, 0.3) is 0 Å². The van der Waals surface area contributed by atoms with Crippen LogP contribution in [0.1, 0.15) is 11.1 Å². The third-order valence-electron chi connectivity index (χ3n) is 3.05. The molecular formula is C16H19FN2O. The van der Waals surface area contributed by atoms with Crippen LogP contribution in [0, 0.1) is 5.82 Å². The summed E-state index contributed by atoms with van der Waals surface area (Å²) in [6.45, 7) is 1.86. The molecule has 0 saturated carbocycles. The van der Waals surface area contributed by atoms with Gasteiger partial charge < -0.3 is 10.8 Å². The molecule has 0 unspecified atom stereocenters. The van der Waals surface area contributed by atoms with E-state index >= 15 is 0 Å². The number of nitrogen functional groups attached to an aromatic ring is 1. The van der Waals surface area contributed by atoms with Gasteiger partial charge in [-0.05, 0) is 29.3 Å². The fraction of sp³-hybridized carbons (Fsp3) is 0.250. The highest BCUT2D eigenvalue weighted by atomic mass is 19.1. The molecule has 0 spiro atoms. The molecule has 3 N–H and O–H groups in total. The highest BCUT2D eigenvalue weighted by Crippen LogP contribution is 2.14. The molecule has 0 amide bonds. The zero-order chi connectivity index (χ0) is 14.4. The minimum absolute atomic E-state index is 0.0671. The van der Waals surface area contributed by atoms with E-state index < -0.39 is 0 Å². The van der Waals surface area contributed by atoms with Crippen molar-refractivity contribution in [3.05, 3.63) is 65.5 Å². The standard InChI is InChI=1S/C16H19FN2O/c17-15-8-14(9-16(18)10-15)12-19(6-7-20)11-13-4-2-1-3-5-13/h1-5,8-10,20H,6-7,11-12,18H2. The van der Waals surface area contributed by atoms with Gasteiger partial charge in [0.1, 0.15) is 5.82 Å². The number of hydrogen-bond acceptors (Lipinski definition) is 3. The van der Waals surface area contributed by atoms with E-state index in [1.165, 1.54) is 12.1 Å². The Morgan fingerprint density at radius 3 is 2.35 bits per heavy atom. The number of rotatable bonds is 6. The predicted octanol–water partition coefficient (Wildman–Crippen LogP) is 2.40. The first-order valence-electron chi connectivity index (χ1n) is 6.59. The second kappa shape index (κ2) is 7.03. The zero-order valence-corrected chi connectivity index (χ0v) is 11.3. The highest BCUT2D eigenvalue weighted by molar-refractivity contribution is 5.41. The number of aliphatic hydroxyl groups is 1. The summed E-state index contributed by atoms with van der Waals surface area (Å²) in [5.74, 6) is -0.330. The molecule has 4 heteroatoms. The lowest BCUT2D eigenvalue weighted by Crippen LogP contribution is -2.26. The van der Waals surface area contributed by atoms with Crippen LogP contribution in [-0.4, -0.2) is 23.2 Å². The lowest BCUT2D eigenvalue weighted by molar-refractivity contribution is 0.184. The maximum absolute atomic E-state index is 13.3. The van der Waals surface area contributed by atoms with Crippen molar-refractivity contribution in [2.24, 2.45) is 0 Å². The third kappa shape index (κ3) is 4.33. The van der Waals surface area contributed by atoms with Gasteiger partial charge in [-0.3, -0.25) is 4.90 Å². The number of hydrogen-bond donors (Lipinski definition) is 2. The summed E-state index contributed by atoms with van der Waals surface area (Å²) in [6, 6.07) is 14.5. The fourth-order valence-corrected chi connectivity index (χ4v) is 2.22. The average Bonchev–Trinajstić information content (AvgIpc) is 2.39. The Labute approximate surface area is 118 Å². The Morgan fingerprint density at radius 1 is 1.00 bits per heavy atom. The maximum atomic E-state index is 13.3. The normalized spacial score (nSPS) is 10.9. The fourth-order valence-electron chi connectivity index (χ4n) is 2.22. The van der Waals surface area contributed by atoms with Crippen molar-refractivity contribution in [1.29, 1.82) is 0 Å². The quantitative estimate of drug-likeness (QED) is 0.795. The lowest BCUT2D eigenvalue weighted by atomic mass is 10.1. The Balaban J connectivity index is 2.08. The van der Waals surface area contributed by atoms with Gasteiger partial charge >= 0.3 is 0 Å². The van der Waals surface area contributed by atoms with Crippen molar-refractivity contribution >= 4 is 5.69 Å². The topological polar surface area (TPSA) is 49.5 Å². The molecule has 0 bridgehead atoms. The molecule has 0 saturated heterocycles. The van der Waals surface area contributed by atoms with Gasteiger partial charge in [-0.2, -0.15) is 0 Å². The molecule has 0 atom stereocenters. The van der Waals surface area contributed by atoms with E-state index in [0.29, 0.717) is 25.3 Å². The predicted molar refractivity (Wildman–Crippen MR) is 78.5 cm³/mol. The lowest BCUT2D eigenvalue weighted by Gasteiger charge is -2.21. The van der Waals surface area contributed by atoms with Gasteiger partial charge in [0, 0.05) is 25.3 Å². The molecular weight excluding hydrogens is 255 g/mol. The van der Waals surface area contributed by atoms with Crippen molar-refractivity contribution < 1.29 is 9.50 Å². The summed E-state index contributed by atoms with van der Waals surface area (Å²) < 4.78 is 13.3. The molecule has 2 aromatic carbocycles. The first-order valence-corrected chi connectivity index (χ1v) is 6.59. The van der Waals surface area contributed by atoms with Crippen molar-refractivity contribution in [3.63, 3.8) is 0 Å². The van der Waals surface area contributed by atoms with Crippen molar-refractivity contribution in [1.82, 2.24) is 4.90 Å². The molecule has 0 fully saturated rings. The van der Waals surface area contributed by atoms with Gasteiger partial charge in [-0.25, -0.2) is 4.39 Å². The first kappa shape index (κ1) is 14.5. The highest BCUT2D eigenvalue weighted by Gasteiger charge is 2.08. The molecule has 2 rings (SSSR count). The molecule has 0 heterocycles. The van der Waals surface area contributed by atoms with E-state index in [0.717, 1.165) is 11.1 Å². The Hall–Kier alpha value is -1.91. The zero-order valence-electron chi connectivity index (χ0n) is 11.3. The number of anilines is 1. The van der Waals surface area contributed by atoms with Crippen LogP contribution >= 0.6 is 0 Å². The summed E-state index contributed by atoms with van der Waals surface area (Å²) in [4.78, 5) is 2.06. The number of nitrogens with zero attached hydrogens (tertiary/aromatic N) is 1. The van der Waals surface area contributed by atoms with Crippen LogP contribution < -0.4 is 5.73 Å². The number of benzene rings is 2. The van der Waals surface area contributed by atoms with Crippen LogP contribution in [0.15, 0.2) is 48.5 Å². The maximum Gasteiger partial charge on any atom is 0.125 e. The molecule has 2 aromatic rings. The van der Waals surface area contributed by atoms with Crippen molar-refractivity contribution in [2.45, 2.75) is 13.1 Å². The molecule has 3 nitrogen and oxygen atoms in total. The summed E-state index contributed by atoms with van der Waals surface area (Å²) in [6.07, 6.45) is 0. The summed E-state index contributed by atoms with van der Waals surface area (Å²) in [5.41, 5.74) is 8.04. The molecule has 20 heavy (non-hydrogen) atoms. The summed E-state index contributed by atoms with van der Waals surface area (Å²) in [5, 5.41) is 9.16. The van der Waals surface area contributed by atoms with E-state index in [4.69, 9.17) is 10.8 Å². The van der Waals surface area contributed by atoms with Gasteiger partial charge in [0.05, 0.1) is 6.61 Å². The Kier molecular flexibility index (Phi) is 5.09. The minimum atomic E-state index is -0.330. The summed E-state index contributed by atoms with van der Waals surface area (Å²) >= 11 is 0. The molecule has 106 valence electrons. The van der Waals surface area contributed by atoms with Crippen LogP contribution in [0.3, 0.4) is 0 Å². The molecule has 0 aliphatic rings. The summed E-state index contributed by atoms with van der Waals surface area (Å²) in [7, 11) is 0. The third-order valence-corrected chi connectivity index (χ3v) is 3.05. The largest absolute Gasteiger partial charge is 0.399 e. The number of aliphatic hydroxyl groups excluding tert-OH is 1. The average molecular weight is 274 g/mol. The Morgan fingerprint density at radius 2 is 1.70 bits per heavy atom. The van der Waals surface area contributed by atoms with Crippen LogP contribution in [0.4, 0.5) is 10.1 Å². The number of nitrogens with two attached hydrogens (primary N) is 1. The molecule has 0 aliphatic heterocycles.